The molecule has 1 aliphatic heterocycles. The molecule has 4 rings (SSSR count). The Labute approximate surface area is 171 Å². The van der Waals surface area contributed by atoms with Gasteiger partial charge in [-0.2, -0.15) is 0 Å². The number of methoxy groups -OCH3 is 1. The van der Waals surface area contributed by atoms with Gasteiger partial charge in [0.15, 0.2) is 0 Å². The molecule has 29 heavy (non-hydrogen) atoms. The van der Waals surface area contributed by atoms with Crippen LogP contribution in [0.2, 0.25) is 0 Å². The first-order chi connectivity index (χ1) is 14.1. The van der Waals surface area contributed by atoms with Gasteiger partial charge in [-0.1, -0.05) is 65.7 Å². The molecule has 3 atom stereocenters. The number of carbonyl (C=O) groups excluding carboxylic acids is 1. The Hall–Kier alpha value is -3.27. The average Bonchev–Trinajstić information content (AvgIpc) is 2.75. The summed E-state index contributed by atoms with van der Waals surface area (Å²) in [5.41, 5.74) is 6.51. The van der Waals surface area contributed by atoms with Gasteiger partial charge in [0.2, 0.25) is 0 Å². The minimum Gasteiger partial charge on any atom is -0.469 e. The first-order valence-corrected chi connectivity index (χ1v) is 9.90. The van der Waals surface area contributed by atoms with Crippen LogP contribution < -0.4 is 10.6 Å². The molecule has 1 heterocycles. The van der Waals surface area contributed by atoms with Gasteiger partial charge in [0.05, 0.1) is 19.2 Å². The van der Waals surface area contributed by atoms with E-state index in [0.29, 0.717) is 0 Å². The summed E-state index contributed by atoms with van der Waals surface area (Å²) < 4.78 is 5.25. The molecule has 0 spiro atoms. The van der Waals surface area contributed by atoms with E-state index in [1.54, 1.807) is 0 Å². The first kappa shape index (κ1) is 19.1. The number of esters is 1. The van der Waals surface area contributed by atoms with Crippen molar-refractivity contribution in [2.75, 3.05) is 17.7 Å². The van der Waals surface area contributed by atoms with Crippen LogP contribution in [0.3, 0.4) is 0 Å². The number of nitrogens with one attached hydrogen (secondary N) is 2. The molecule has 0 amide bonds. The number of carbonyl (C=O) groups is 1. The minimum absolute atomic E-state index is 0.193. The van der Waals surface area contributed by atoms with Gasteiger partial charge in [-0.15, -0.1) is 0 Å². The monoisotopic (exact) mass is 386 g/mol. The van der Waals surface area contributed by atoms with Crippen LogP contribution in [0.5, 0.6) is 0 Å². The highest BCUT2D eigenvalue weighted by molar-refractivity contribution is 5.79. The largest absolute Gasteiger partial charge is 0.469 e. The zero-order valence-electron chi connectivity index (χ0n) is 17.0. The number of benzene rings is 3. The minimum atomic E-state index is -0.419. The van der Waals surface area contributed by atoms with E-state index in [2.05, 4.69) is 79.1 Å². The van der Waals surface area contributed by atoms with Crippen molar-refractivity contribution >= 4 is 17.3 Å². The number of rotatable bonds is 4. The highest BCUT2D eigenvalue weighted by Crippen LogP contribution is 2.45. The Bertz CT molecular complexity index is 999. The SMILES string of the molecule is COC(=O)[C@@H]1[C@@H](c2ccccc2)Nc2ccc(C)cc2[C@H]1Nc1ccc(C)cc1. The third-order valence-corrected chi connectivity index (χ3v) is 5.58. The van der Waals surface area contributed by atoms with E-state index in [1.807, 2.05) is 18.2 Å². The van der Waals surface area contributed by atoms with Crippen molar-refractivity contribution in [1.29, 1.82) is 0 Å². The van der Waals surface area contributed by atoms with E-state index in [0.717, 1.165) is 28.1 Å². The predicted molar refractivity (Wildman–Crippen MR) is 117 cm³/mol. The summed E-state index contributed by atoms with van der Waals surface area (Å²) in [5.74, 6) is -0.652. The van der Waals surface area contributed by atoms with Crippen molar-refractivity contribution in [2.45, 2.75) is 25.9 Å². The van der Waals surface area contributed by atoms with Crippen LogP contribution in [-0.4, -0.2) is 13.1 Å². The molecular formula is C25H26N2O2. The molecule has 0 aliphatic carbocycles. The van der Waals surface area contributed by atoms with Crippen LogP contribution in [0, 0.1) is 19.8 Å². The van der Waals surface area contributed by atoms with E-state index in [9.17, 15) is 4.79 Å². The number of fused-ring (bicyclic) bond motifs is 1. The second-order valence-corrected chi connectivity index (χ2v) is 7.66. The number of aryl methyl sites for hydroxylation is 2. The molecule has 4 nitrogen and oxygen atoms in total. The van der Waals surface area contributed by atoms with Crippen LogP contribution >= 0.6 is 0 Å². The van der Waals surface area contributed by atoms with Crippen molar-refractivity contribution in [2.24, 2.45) is 5.92 Å². The Morgan fingerprint density at radius 2 is 1.62 bits per heavy atom. The van der Waals surface area contributed by atoms with Crippen molar-refractivity contribution in [3.63, 3.8) is 0 Å². The summed E-state index contributed by atoms with van der Waals surface area (Å²) in [6, 6.07) is 24.3. The van der Waals surface area contributed by atoms with Gasteiger partial charge in [-0.25, -0.2) is 0 Å². The Balaban J connectivity index is 1.83. The number of ether oxygens (including phenoxy) is 1. The summed E-state index contributed by atoms with van der Waals surface area (Å²) in [6.07, 6.45) is 0. The summed E-state index contributed by atoms with van der Waals surface area (Å²) >= 11 is 0. The summed E-state index contributed by atoms with van der Waals surface area (Å²) in [6.45, 7) is 4.13. The maximum atomic E-state index is 13.0. The van der Waals surface area contributed by atoms with Crippen molar-refractivity contribution in [1.82, 2.24) is 0 Å². The summed E-state index contributed by atoms with van der Waals surface area (Å²) in [4.78, 5) is 13.0. The Morgan fingerprint density at radius 1 is 0.931 bits per heavy atom. The smallest absolute Gasteiger partial charge is 0.313 e. The third-order valence-electron chi connectivity index (χ3n) is 5.58. The average molecular weight is 386 g/mol. The molecule has 2 N–H and O–H groups in total. The molecule has 3 aromatic rings. The van der Waals surface area contributed by atoms with Gasteiger partial charge in [0, 0.05) is 11.4 Å². The highest BCUT2D eigenvalue weighted by Gasteiger charge is 2.43. The first-order valence-electron chi connectivity index (χ1n) is 9.90. The molecule has 0 fully saturated rings. The van der Waals surface area contributed by atoms with Crippen LogP contribution in [-0.2, 0) is 9.53 Å². The molecule has 0 unspecified atom stereocenters. The molecule has 4 heteroatoms. The van der Waals surface area contributed by atoms with E-state index >= 15 is 0 Å². The van der Waals surface area contributed by atoms with E-state index in [-0.39, 0.29) is 18.1 Å². The molecule has 0 saturated heterocycles. The Morgan fingerprint density at radius 3 is 2.31 bits per heavy atom. The lowest BCUT2D eigenvalue weighted by molar-refractivity contribution is -0.146. The van der Waals surface area contributed by atoms with Gasteiger partial charge < -0.3 is 15.4 Å². The summed E-state index contributed by atoms with van der Waals surface area (Å²) in [5, 5.41) is 7.21. The van der Waals surface area contributed by atoms with Gasteiger partial charge in [-0.3, -0.25) is 4.79 Å². The van der Waals surface area contributed by atoms with Crippen molar-refractivity contribution in [3.05, 3.63) is 95.1 Å². The lowest BCUT2D eigenvalue weighted by atomic mass is 9.79. The molecular weight excluding hydrogens is 360 g/mol. The second kappa shape index (κ2) is 8.00. The van der Waals surface area contributed by atoms with Crippen molar-refractivity contribution in [3.8, 4) is 0 Å². The van der Waals surface area contributed by atoms with E-state index < -0.39 is 5.92 Å². The van der Waals surface area contributed by atoms with Gasteiger partial charge >= 0.3 is 5.97 Å². The number of hydrogen-bond acceptors (Lipinski definition) is 4. The molecule has 0 saturated carbocycles. The zero-order chi connectivity index (χ0) is 20.4. The predicted octanol–water partition coefficient (Wildman–Crippen LogP) is 5.41. The number of hydrogen-bond donors (Lipinski definition) is 2. The van der Waals surface area contributed by atoms with E-state index in [4.69, 9.17) is 4.74 Å². The number of anilines is 2. The van der Waals surface area contributed by atoms with E-state index in [1.165, 1.54) is 12.7 Å². The Kier molecular flexibility index (Phi) is 5.26. The maximum absolute atomic E-state index is 13.0. The fraction of sp³-hybridized carbons (Fsp3) is 0.240. The lowest BCUT2D eigenvalue weighted by Gasteiger charge is -2.40. The quantitative estimate of drug-likeness (QED) is 0.589. The van der Waals surface area contributed by atoms with Crippen LogP contribution in [0.15, 0.2) is 72.8 Å². The van der Waals surface area contributed by atoms with Gasteiger partial charge in [0.1, 0.15) is 5.92 Å². The molecule has 0 aromatic heterocycles. The second-order valence-electron chi connectivity index (χ2n) is 7.66. The standard InChI is InChI=1S/C25H26N2O2/c1-16-9-12-19(13-10-16)26-24-20-15-17(2)11-14-21(20)27-23(22(24)25(28)29-3)18-7-5-4-6-8-18/h4-15,22-24,26-27H,1-3H3/t22-,23-,24-/m1/s1. The third kappa shape index (κ3) is 3.83. The molecule has 148 valence electrons. The molecule has 0 bridgehead atoms. The maximum Gasteiger partial charge on any atom is 0.313 e. The summed E-state index contributed by atoms with van der Waals surface area (Å²) in [7, 11) is 1.46. The molecule has 1 aliphatic rings. The molecule has 0 radical (unpaired) electrons. The topological polar surface area (TPSA) is 50.4 Å². The lowest BCUT2D eigenvalue weighted by Crippen LogP contribution is -2.40. The normalized spacial score (nSPS) is 20.3. The molecule has 3 aromatic carbocycles. The highest BCUT2D eigenvalue weighted by atomic mass is 16.5. The van der Waals surface area contributed by atoms with Crippen LogP contribution in [0.4, 0.5) is 11.4 Å². The van der Waals surface area contributed by atoms with Gasteiger partial charge in [-0.05, 0) is 43.2 Å². The van der Waals surface area contributed by atoms with Crippen LogP contribution in [0.25, 0.3) is 0 Å². The van der Waals surface area contributed by atoms with Crippen LogP contribution in [0.1, 0.15) is 34.3 Å². The van der Waals surface area contributed by atoms with Gasteiger partial charge in [0.25, 0.3) is 0 Å². The zero-order valence-corrected chi connectivity index (χ0v) is 17.0. The fourth-order valence-corrected chi connectivity index (χ4v) is 4.07. The fourth-order valence-electron chi connectivity index (χ4n) is 4.07. The van der Waals surface area contributed by atoms with Crippen molar-refractivity contribution < 1.29 is 9.53 Å².